The van der Waals surface area contributed by atoms with Crippen molar-refractivity contribution >= 4 is 11.0 Å². The van der Waals surface area contributed by atoms with Crippen LogP contribution in [0.5, 0.6) is 0 Å². The van der Waals surface area contributed by atoms with Crippen LogP contribution in [-0.4, -0.2) is 28.3 Å². The van der Waals surface area contributed by atoms with Gasteiger partial charge in [-0.1, -0.05) is 6.07 Å². The van der Waals surface area contributed by atoms with E-state index in [1.807, 2.05) is 6.07 Å². The molecule has 1 aliphatic heterocycles. The number of aromatic nitrogens is 2. The van der Waals surface area contributed by atoms with Gasteiger partial charge in [0, 0.05) is 19.2 Å². The highest BCUT2D eigenvalue weighted by molar-refractivity contribution is 5.76. The van der Waals surface area contributed by atoms with E-state index >= 15 is 0 Å². The second-order valence-corrected chi connectivity index (χ2v) is 5.60. The lowest BCUT2D eigenvalue weighted by molar-refractivity contribution is 0.0829. The van der Waals surface area contributed by atoms with Crippen LogP contribution in [0, 0.1) is 5.82 Å². The summed E-state index contributed by atoms with van der Waals surface area (Å²) < 4.78 is 21.6. The highest BCUT2D eigenvalue weighted by Crippen LogP contribution is 2.20. The average molecular weight is 291 g/mol. The third kappa shape index (κ3) is 2.80. The minimum absolute atomic E-state index is 0.256. The van der Waals surface area contributed by atoms with E-state index in [2.05, 4.69) is 28.7 Å². The Balaban J connectivity index is 1.78. The van der Waals surface area contributed by atoms with E-state index in [1.165, 1.54) is 6.07 Å². The minimum Gasteiger partial charge on any atom is -0.377 e. The average Bonchev–Trinajstić information content (AvgIpc) is 3.12. The highest BCUT2D eigenvalue weighted by Gasteiger charge is 2.22. The summed E-state index contributed by atoms with van der Waals surface area (Å²) in [5.74, 6) is 0.621. The van der Waals surface area contributed by atoms with Gasteiger partial charge in [-0.2, -0.15) is 0 Å². The Hall–Kier alpha value is -1.46. The molecular weight excluding hydrogens is 269 g/mol. The summed E-state index contributed by atoms with van der Waals surface area (Å²) in [7, 11) is 0. The molecule has 0 aliphatic carbocycles. The summed E-state index contributed by atoms with van der Waals surface area (Å²) in [6.45, 7) is 6.46. The van der Waals surface area contributed by atoms with E-state index < -0.39 is 0 Å². The monoisotopic (exact) mass is 291 g/mol. The molecule has 0 saturated carbocycles. The van der Waals surface area contributed by atoms with Crippen LogP contribution in [0.25, 0.3) is 11.0 Å². The molecule has 1 aliphatic rings. The van der Waals surface area contributed by atoms with E-state index in [0.29, 0.717) is 12.1 Å². The van der Waals surface area contributed by atoms with Crippen molar-refractivity contribution in [2.75, 3.05) is 6.61 Å². The molecule has 5 heteroatoms. The molecule has 0 radical (unpaired) electrons. The number of imidazole rings is 1. The maximum absolute atomic E-state index is 13.8. The number of nitrogens with zero attached hydrogens (tertiary/aromatic N) is 2. The van der Waals surface area contributed by atoms with Crippen molar-refractivity contribution < 1.29 is 9.13 Å². The van der Waals surface area contributed by atoms with Crippen molar-refractivity contribution in [1.82, 2.24) is 14.9 Å². The van der Waals surface area contributed by atoms with Gasteiger partial charge in [0.25, 0.3) is 0 Å². The van der Waals surface area contributed by atoms with Crippen molar-refractivity contribution in [3.8, 4) is 0 Å². The second-order valence-electron chi connectivity index (χ2n) is 5.60. The first kappa shape index (κ1) is 14.5. The van der Waals surface area contributed by atoms with E-state index in [9.17, 15) is 4.39 Å². The smallest absolute Gasteiger partial charge is 0.151 e. The van der Waals surface area contributed by atoms with Gasteiger partial charge in [-0.25, -0.2) is 9.37 Å². The summed E-state index contributed by atoms with van der Waals surface area (Å²) >= 11 is 0. The molecule has 0 bridgehead atoms. The standard InChI is InChI=1S/C16H22FN3O/c1-3-20-13-7-4-6-12(17)16(13)19-15(20)10-18-11(2)14-8-5-9-21-14/h4,6-7,11,14,18H,3,5,8-10H2,1-2H3/t11-,14-/m1/s1. The van der Waals surface area contributed by atoms with Gasteiger partial charge >= 0.3 is 0 Å². The van der Waals surface area contributed by atoms with Gasteiger partial charge in [-0.3, -0.25) is 0 Å². The third-order valence-corrected chi connectivity index (χ3v) is 4.23. The quantitative estimate of drug-likeness (QED) is 0.920. The Morgan fingerprint density at radius 2 is 2.38 bits per heavy atom. The predicted molar refractivity (Wildman–Crippen MR) is 80.6 cm³/mol. The molecule has 0 unspecified atom stereocenters. The Kier molecular flexibility index (Phi) is 4.22. The van der Waals surface area contributed by atoms with Crippen LogP contribution in [0.4, 0.5) is 4.39 Å². The zero-order chi connectivity index (χ0) is 14.8. The fourth-order valence-electron chi connectivity index (χ4n) is 3.03. The molecule has 114 valence electrons. The lowest BCUT2D eigenvalue weighted by atomic mass is 10.1. The summed E-state index contributed by atoms with van der Waals surface area (Å²) in [4.78, 5) is 4.47. The number of nitrogens with one attached hydrogen (secondary N) is 1. The van der Waals surface area contributed by atoms with Crippen LogP contribution in [-0.2, 0) is 17.8 Å². The van der Waals surface area contributed by atoms with Gasteiger partial charge in [0.1, 0.15) is 11.3 Å². The molecule has 1 saturated heterocycles. The molecule has 2 heterocycles. The largest absolute Gasteiger partial charge is 0.377 e. The third-order valence-electron chi connectivity index (χ3n) is 4.23. The first-order chi connectivity index (χ1) is 10.2. The summed E-state index contributed by atoms with van der Waals surface area (Å²) in [5.41, 5.74) is 1.32. The molecule has 3 rings (SSSR count). The van der Waals surface area contributed by atoms with Gasteiger partial charge in [0.2, 0.25) is 0 Å². The maximum atomic E-state index is 13.8. The van der Waals surface area contributed by atoms with E-state index in [1.54, 1.807) is 6.07 Å². The summed E-state index contributed by atoms with van der Waals surface area (Å²) in [5, 5.41) is 3.47. The lowest BCUT2D eigenvalue weighted by Crippen LogP contribution is -2.37. The normalized spacial score (nSPS) is 20.2. The minimum atomic E-state index is -0.256. The molecule has 2 atom stereocenters. The highest BCUT2D eigenvalue weighted by atomic mass is 19.1. The van der Waals surface area contributed by atoms with Crippen LogP contribution in [0.2, 0.25) is 0 Å². The number of aryl methyl sites for hydroxylation is 1. The fourth-order valence-corrected chi connectivity index (χ4v) is 3.03. The SMILES string of the molecule is CCn1c(CN[C@H](C)[C@H]2CCCO2)nc2c(F)cccc21. The Morgan fingerprint density at radius 1 is 1.52 bits per heavy atom. The van der Waals surface area contributed by atoms with Crippen molar-refractivity contribution in [3.63, 3.8) is 0 Å². The number of ether oxygens (including phenoxy) is 1. The van der Waals surface area contributed by atoms with Crippen molar-refractivity contribution in [2.45, 2.75) is 51.9 Å². The topological polar surface area (TPSA) is 39.1 Å². The predicted octanol–water partition coefficient (Wildman–Crippen LogP) is 2.85. The Labute approximate surface area is 124 Å². The Morgan fingerprint density at radius 3 is 3.10 bits per heavy atom. The molecule has 2 aromatic rings. The van der Waals surface area contributed by atoms with Crippen LogP contribution in [0.1, 0.15) is 32.5 Å². The van der Waals surface area contributed by atoms with Crippen LogP contribution in [0.3, 0.4) is 0 Å². The number of benzene rings is 1. The molecular formula is C16H22FN3O. The van der Waals surface area contributed by atoms with Crippen molar-refractivity contribution in [1.29, 1.82) is 0 Å². The fraction of sp³-hybridized carbons (Fsp3) is 0.562. The van der Waals surface area contributed by atoms with Gasteiger partial charge < -0.3 is 14.6 Å². The van der Waals surface area contributed by atoms with Crippen molar-refractivity contribution in [3.05, 3.63) is 29.8 Å². The molecule has 4 nitrogen and oxygen atoms in total. The number of hydrogen-bond acceptors (Lipinski definition) is 3. The number of para-hydroxylation sites is 1. The first-order valence-corrected chi connectivity index (χ1v) is 7.69. The molecule has 0 spiro atoms. The number of rotatable bonds is 5. The molecule has 1 aromatic carbocycles. The molecule has 1 aromatic heterocycles. The summed E-state index contributed by atoms with van der Waals surface area (Å²) in [6, 6.07) is 5.39. The van der Waals surface area contributed by atoms with Gasteiger partial charge in [0.15, 0.2) is 5.82 Å². The number of fused-ring (bicyclic) bond motifs is 1. The van der Waals surface area contributed by atoms with E-state index in [-0.39, 0.29) is 18.0 Å². The second kappa shape index (κ2) is 6.12. The first-order valence-electron chi connectivity index (χ1n) is 7.69. The number of hydrogen-bond donors (Lipinski definition) is 1. The van der Waals surface area contributed by atoms with Crippen molar-refractivity contribution in [2.24, 2.45) is 0 Å². The van der Waals surface area contributed by atoms with Gasteiger partial charge in [0.05, 0.1) is 18.2 Å². The van der Waals surface area contributed by atoms with Crippen LogP contribution >= 0.6 is 0 Å². The van der Waals surface area contributed by atoms with Crippen LogP contribution < -0.4 is 5.32 Å². The lowest BCUT2D eigenvalue weighted by Gasteiger charge is -2.20. The van der Waals surface area contributed by atoms with E-state index in [0.717, 1.165) is 37.3 Å². The number of halogens is 1. The molecule has 21 heavy (non-hydrogen) atoms. The van der Waals surface area contributed by atoms with E-state index in [4.69, 9.17) is 4.74 Å². The molecule has 0 amide bonds. The summed E-state index contributed by atoms with van der Waals surface area (Å²) in [6.07, 6.45) is 2.52. The zero-order valence-corrected chi connectivity index (χ0v) is 12.6. The zero-order valence-electron chi connectivity index (χ0n) is 12.6. The Bertz CT molecular complexity index is 619. The molecule has 1 fully saturated rings. The maximum Gasteiger partial charge on any atom is 0.151 e. The van der Waals surface area contributed by atoms with Gasteiger partial charge in [-0.05, 0) is 38.8 Å². The van der Waals surface area contributed by atoms with Gasteiger partial charge in [-0.15, -0.1) is 0 Å². The van der Waals surface area contributed by atoms with Crippen LogP contribution in [0.15, 0.2) is 18.2 Å². The molecule has 1 N–H and O–H groups in total.